The van der Waals surface area contributed by atoms with E-state index in [2.05, 4.69) is 9.97 Å². The Morgan fingerprint density at radius 2 is 1.95 bits per heavy atom. The molecule has 1 aliphatic carbocycles. The van der Waals surface area contributed by atoms with Crippen molar-refractivity contribution >= 4 is 11.0 Å². The van der Waals surface area contributed by atoms with Crippen LogP contribution in [0.3, 0.4) is 0 Å². The molecule has 0 amide bonds. The summed E-state index contributed by atoms with van der Waals surface area (Å²) in [6.45, 7) is 0. The number of benzene rings is 1. The van der Waals surface area contributed by atoms with E-state index in [-0.39, 0.29) is 11.6 Å². The van der Waals surface area contributed by atoms with Crippen LogP contribution in [0.5, 0.6) is 0 Å². The number of fused-ring (bicyclic) bond motifs is 1. The van der Waals surface area contributed by atoms with Crippen LogP contribution in [0.2, 0.25) is 0 Å². The molecule has 3 rings (SSSR count). The maximum atomic E-state index is 13.6. The molecule has 0 aliphatic heterocycles. The number of hydrogen-bond donors (Lipinski definition) is 2. The van der Waals surface area contributed by atoms with Gasteiger partial charge in [0.1, 0.15) is 11.3 Å². The zero-order valence-electron chi connectivity index (χ0n) is 10.6. The van der Waals surface area contributed by atoms with E-state index in [1.165, 1.54) is 25.3 Å². The Labute approximate surface area is 110 Å². The van der Waals surface area contributed by atoms with Crippen LogP contribution >= 0.6 is 0 Å². The lowest BCUT2D eigenvalue weighted by Gasteiger charge is -2.25. The second-order valence-corrected chi connectivity index (χ2v) is 5.30. The first-order chi connectivity index (χ1) is 9.16. The van der Waals surface area contributed by atoms with Crippen LogP contribution in [0.15, 0.2) is 12.1 Å². The van der Waals surface area contributed by atoms with Crippen LogP contribution in [0.1, 0.15) is 44.0 Å². The summed E-state index contributed by atoms with van der Waals surface area (Å²) in [6.07, 6.45) is 5.77. The van der Waals surface area contributed by atoms with Gasteiger partial charge in [-0.3, -0.25) is 0 Å². The third kappa shape index (κ3) is 2.23. The van der Waals surface area contributed by atoms with Gasteiger partial charge < -0.3 is 10.7 Å². The van der Waals surface area contributed by atoms with Crippen LogP contribution in [0.4, 0.5) is 8.78 Å². The predicted octanol–water partition coefficient (Wildman–Crippen LogP) is 3.42. The van der Waals surface area contributed by atoms with Crippen molar-refractivity contribution in [2.24, 2.45) is 11.7 Å². The molecule has 1 unspecified atom stereocenters. The number of halogens is 2. The highest BCUT2D eigenvalue weighted by molar-refractivity contribution is 5.75. The number of nitrogens with one attached hydrogen (secondary N) is 1. The van der Waals surface area contributed by atoms with Gasteiger partial charge in [-0.05, 0) is 30.9 Å². The molecule has 1 fully saturated rings. The van der Waals surface area contributed by atoms with Crippen molar-refractivity contribution in [3.8, 4) is 0 Å². The van der Waals surface area contributed by atoms with E-state index in [4.69, 9.17) is 5.73 Å². The Hall–Kier alpha value is -1.49. The van der Waals surface area contributed by atoms with Gasteiger partial charge in [-0.25, -0.2) is 13.8 Å². The van der Waals surface area contributed by atoms with Crippen molar-refractivity contribution in [2.45, 2.75) is 38.1 Å². The van der Waals surface area contributed by atoms with Gasteiger partial charge in [0, 0.05) is 0 Å². The van der Waals surface area contributed by atoms with Crippen LogP contribution in [0.25, 0.3) is 11.0 Å². The highest BCUT2D eigenvalue weighted by Crippen LogP contribution is 2.32. The standard InChI is InChI=1S/C14H17F2N3/c15-9-6-7-10-13(11(9)16)19-14(18-10)12(17)8-4-2-1-3-5-8/h6-8,12H,1-5,17H2,(H,18,19). The minimum Gasteiger partial charge on any atom is -0.341 e. The van der Waals surface area contributed by atoms with Crippen molar-refractivity contribution in [2.75, 3.05) is 0 Å². The molecule has 1 aliphatic rings. The van der Waals surface area contributed by atoms with Gasteiger partial charge >= 0.3 is 0 Å². The first-order valence-electron chi connectivity index (χ1n) is 6.76. The van der Waals surface area contributed by atoms with Crippen LogP contribution < -0.4 is 5.73 Å². The molecule has 0 saturated heterocycles. The van der Waals surface area contributed by atoms with Gasteiger partial charge in [0.2, 0.25) is 0 Å². The Morgan fingerprint density at radius 3 is 2.68 bits per heavy atom. The fourth-order valence-corrected chi connectivity index (χ4v) is 2.91. The molecule has 0 radical (unpaired) electrons. The predicted molar refractivity (Wildman–Crippen MR) is 69.5 cm³/mol. The molecule has 2 aromatic rings. The first kappa shape index (κ1) is 12.5. The largest absolute Gasteiger partial charge is 0.341 e. The van der Waals surface area contributed by atoms with Crippen LogP contribution in [-0.2, 0) is 0 Å². The fourth-order valence-electron chi connectivity index (χ4n) is 2.91. The van der Waals surface area contributed by atoms with Crippen LogP contribution in [-0.4, -0.2) is 9.97 Å². The number of aromatic nitrogens is 2. The molecule has 1 aromatic heterocycles. The summed E-state index contributed by atoms with van der Waals surface area (Å²) in [6, 6.07) is 2.37. The molecular weight excluding hydrogens is 248 g/mol. The smallest absolute Gasteiger partial charge is 0.186 e. The zero-order chi connectivity index (χ0) is 13.4. The molecule has 0 bridgehead atoms. The van der Waals surface area contributed by atoms with E-state index < -0.39 is 11.6 Å². The maximum Gasteiger partial charge on any atom is 0.186 e. The molecular formula is C14H17F2N3. The third-order valence-electron chi connectivity index (χ3n) is 4.04. The maximum absolute atomic E-state index is 13.6. The summed E-state index contributed by atoms with van der Waals surface area (Å²) in [4.78, 5) is 7.17. The number of rotatable bonds is 2. The van der Waals surface area contributed by atoms with Gasteiger partial charge in [0.05, 0.1) is 11.6 Å². The van der Waals surface area contributed by atoms with Crippen molar-refractivity contribution in [3.63, 3.8) is 0 Å². The normalized spacial score (nSPS) is 18.9. The van der Waals surface area contributed by atoms with Crippen molar-refractivity contribution in [3.05, 3.63) is 29.6 Å². The summed E-state index contributed by atoms with van der Waals surface area (Å²) in [5, 5.41) is 0. The van der Waals surface area contributed by atoms with Crippen LogP contribution in [0, 0.1) is 17.6 Å². The molecule has 1 heterocycles. The van der Waals surface area contributed by atoms with E-state index in [0.717, 1.165) is 18.9 Å². The van der Waals surface area contributed by atoms with Crippen molar-refractivity contribution in [1.82, 2.24) is 9.97 Å². The summed E-state index contributed by atoms with van der Waals surface area (Å²) in [7, 11) is 0. The summed E-state index contributed by atoms with van der Waals surface area (Å²) in [5.74, 6) is -0.846. The van der Waals surface area contributed by atoms with Crippen molar-refractivity contribution < 1.29 is 8.78 Å². The quantitative estimate of drug-likeness (QED) is 0.874. The molecule has 1 atom stereocenters. The monoisotopic (exact) mass is 265 g/mol. The second-order valence-electron chi connectivity index (χ2n) is 5.30. The number of nitrogens with zero attached hydrogens (tertiary/aromatic N) is 1. The summed E-state index contributed by atoms with van der Waals surface area (Å²) < 4.78 is 26.8. The number of hydrogen-bond acceptors (Lipinski definition) is 2. The van der Waals surface area contributed by atoms with E-state index in [1.807, 2.05) is 0 Å². The highest BCUT2D eigenvalue weighted by atomic mass is 19.2. The Morgan fingerprint density at radius 1 is 1.21 bits per heavy atom. The lowest BCUT2D eigenvalue weighted by atomic mass is 9.84. The van der Waals surface area contributed by atoms with E-state index in [9.17, 15) is 8.78 Å². The van der Waals surface area contributed by atoms with Gasteiger partial charge in [-0.2, -0.15) is 0 Å². The second kappa shape index (κ2) is 4.89. The first-order valence-corrected chi connectivity index (χ1v) is 6.76. The number of aromatic amines is 1. The average molecular weight is 265 g/mol. The summed E-state index contributed by atoms with van der Waals surface area (Å²) in [5.41, 5.74) is 6.75. The molecule has 1 saturated carbocycles. The third-order valence-corrected chi connectivity index (χ3v) is 4.04. The molecule has 1 aromatic carbocycles. The molecule has 3 nitrogen and oxygen atoms in total. The number of nitrogens with two attached hydrogens (primary N) is 1. The zero-order valence-corrected chi connectivity index (χ0v) is 10.6. The lowest BCUT2D eigenvalue weighted by molar-refractivity contribution is 0.302. The van der Waals surface area contributed by atoms with Crippen molar-refractivity contribution in [1.29, 1.82) is 0 Å². The lowest BCUT2D eigenvalue weighted by Crippen LogP contribution is -2.24. The number of imidazole rings is 1. The molecule has 5 heteroatoms. The Balaban J connectivity index is 1.94. The molecule has 0 spiro atoms. The molecule has 102 valence electrons. The average Bonchev–Trinajstić information content (AvgIpc) is 2.88. The van der Waals surface area contributed by atoms with Gasteiger partial charge in [-0.15, -0.1) is 0 Å². The number of H-pyrrole nitrogens is 1. The minimum absolute atomic E-state index is 0.0428. The molecule has 3 N–H and O–H groups in total. The van der Waals surface area contributed by atoms with Gasteiger partial charge in [0.15, 0.2) is 11.6 Å². The Kier molecular flexibility index (Phi) is 3.22. The Bertz CT molecular complexity index is 588. The van der Waals surface area contributed by atoms with E-state index in [0.29, 0.717) is 17.3 Å². The van der Waals surface area contributed by atoms with Gasteiger partial charge in [0.25, 0.3) is 0 Å². The van der Waals surface area contributed by atoms with E-state index in [1.54, 1.807) is 0 Å². The highest BCUT2D eigenvalue weighted by Gasteiger charge is 2.25. The summed E-state index contributed by atoms with van der Waals surface area (Å²) >= 11 is 0. The fraction of sp³-hybridized carbons (Fsp3) is 0.500. The topological polar surface area (TPSA) is 54.7 Å². The minimum atomic E-state index is -0.907. The van der Waals surface area contributed by atoms with Gasteiger partial charge in [-0.1, -0.05) is 19.3 Å². The van der Waals surface area contributed by atoms with E-state index >= 15 is 0 Å². The SMILES string of the molecule is NC(c1nc2c(F)c(F)ccc2[nH]1)C1CCCCC1. The molecule has 19 heavy (non-hydrogen) atoms.